The molecule has 5 nitrogen and oxygen atoms in total. The summed E-state index contributed by atoms with van der Waals surface area (Å²) < 4.78 is 0. The van der Waals surface area contributed by atoms with Gasteiger partial charge in [0, 0.05) is 26.2 Å². The minimum Gasteiger partial charge on any atom is -0.357 e. The first-order valence-corrected chi connectivity index (χ1v) is 8.96. The quantitative estimate of drug-likeness (QED) is 0.269. The molecular formula is C14H29IN4OS. The van der Waals surface area contributed by atoms with E-state index < -0.39 is 0 Å². The number of nitrogens with one attached hydrogen (secondary N) is 2. The van der Waals surface area contributed by atoms with Crippen LogP contribution >= 0.6 is 35.7 Å². The molecule has 0 aromatic carbocycles. The molecule has 1 rings (SSSR count). The topological polar surface area (TPSA) is 56.7 Å². The van der Waals surface area contributed by atoms with Gasteiger partial charge < -0.3 is 15.5 Å². The average Bonchev–Trinajstić information content (AvgIpc) is 2.98. The van der Waals surface area contributed by atoms with Crippen molar-refractivity contribution in [1.29, 1.82) is 0 Å². The van der Waals surface area contributed by atoms with E-state index in [-0.39, 0.29) is 36.4 Å². The van der Waals surface area contributed by atoms with E-state index in [4.69, 9.17) is 0 Å². The van der Waals surface area contributed by atoms with Gasteiger partial charge in [0.15, 0.2) is 5.96 Å². The van der Waals surface area contributed by atoms with E-state index in [9.17, 15) is 4.79 Å². The fourth-order valence-electron chi connectivity index (χ4n) is 2.13. The number of aliphatic imine (C=N–C) groups is 1. The molecule has 1 fully saturated rings. The van der Waals surface area contributed by atoms with E-state index in [0.29, 0.717) is 0 Å². The van der Waals surface area contributed by atoms with Gasteiger partial charge in [0.25, 0.3) is 0 Å². The van der Waals surface area contributed by atoms with Crippen molar-refractivity contribution in [2.24, 2.45) is 4.99 Å². The van der Waals surface area contributed by atoms with Crippen LogP contribution in [0.1, 0.15) is 32.6 Å². The van der Waals surface area contributed by atoms with E-state index in [1.807, 2.05) is 23.6 Å². The largest absolute Gasteiger partial charge is 0.357 e. The second-order valence-corrected chi connectivity index (χ2v) is 5.90. The highest BCUT2D eigenvalue weighted by molar-refractivity contribution is 14.0. The number of amides is 1. The maximum Gasteiger partial charge on any atom is 0.244 e. The number of nitrogens with zero attached hydrogens (tertiary/aromatic N) is 2. The summed E-state index contributed by atoms with van der Waals surface area (Å²) in [5.41, 5.74) is 0. The first-order valence-electron chi connectivity index (χ1n) is 7.56. The molecule has 0 aliphatic carbocycles. The summed E-state index contributed by atoms with van der Waals surface area (Å²) in [4.78, 5) is 18.2. The van der Waals surface area contributed by atoms with Crippen molar-refractivity contribution in [3.05, 3.63) is 0 Å². The second-order valence-electron chi connectivity index (χ2n) is 4.91. The zero-order chi connectivity index (χ0) is 14.6. The third kappa shape index (κ3) is 9.44. The van der Waals surface area contributed by atoms with Gasteiger partial charge in [0.2, 0.25) is 5.91 Å². The Hall–Kier alpha value is -0.180. The maximum absolute atomic E-state index is 11.9. The number of halogens is 1. The molecule has 1 amide bonds. The monoisotopic (exact) mass is 428 g/mol. The number of unbranched alkanes of at least 4 members (excludes halogenated alkanes) is 1. The predicted octanol–water partition coefficient (Wildman–Crippen LogP) is 1.93. The molecule has 0 radical (unpaired) electrons. The molecule has 1 aliphatic heterocycles. The highest BCUT2D eigenvalue weighted by atomic mass is 127. The number of hydrogen-bond donors (Lipinski definition) is 2. The first-order chi connectivity index (χ1) is 9.77. The Bertz CT molecular complexity index is 309. The van der Waals surface area contributed by atoms with Crippen molar-refractivity contribution in [1.82, 2.24) is 15.5 Å². The highest BCUT2D eigenvalue weighted by Crippen LogP contribution is 2.07. The zero-order valence-corrected chi connectivity index (χ0v) is 16.3. The van der Waals surface area contributed by atoms with Gasteiger partial charge in [0.1, 0.15) is 6.54 Å². The van der Waals surface area contributed by atoms with Crippen LogP contribution in [0.5, 0.6) is 0 Å². The molecule has 0 bridgehead atoms. The molecule has 21 heavy (non-hydrogen) atoms. The van der Waals surface area contributed by atoms with E-state index in [1.165, 1.54) is 12.2 Å². The number of carbonyl (C=O) groups is 1. The van der Waals surface area contributed by atoms with Crippen LogP contribution in [0, 0.1) is 0 Å². The van der Waals surface area contributed by atoms with Crippen LogP contribution in [0.2, 0.25) is 0 Å². The van der Waals surface area contributed by atoms with Gasteiger partial charge in [-0.1, -0.05) is 0 Å². The Morgan fingerprint density at radius 3 is 2.57 bits per heavy atom. The van der Waals surface area contributed by atoms with E-state index >= 15 is 0 Å². The Morgan fingerprint density at radius 1 is 1.24 bits per heavy atom. The molecule has 7 heteroatoms. The molecule has 0 aromatic rings. The van der Waals surface area contributed by atoms with Gasteiger partial charge in [-0.3, -0.25) is 4.79 Å². The molecular weight excluding hydrogens is 399 g/mol. The second kappa shape index (κ2) is 13.5. The van der Waals surface area contributed by atoms with Gasteiger partial charge in [0.05, 0.1) is 0 Å². The molecule has 0 saturated carbocycles. The molecule has 0 spiro atoms. The van der Waals surface area contributed by atoms with Crippen LogP contribution in [0.15, 0.2) is 4.99 Å². The minimum atomic E-state index is 0. The SMILES string of the molecule is CCNC(=NCC(=O)N1CCCC1)NCCCCSC.I. The molecule has 124 valence electrons. The number of carbonyl (C=O) groups excluding carboxylic acids is 1. The Morgan fingerprint density at radius 2 is 1.95 bits per heavy atom. The zero-order valence-electron chi connectivity index (χ0n) is 13.2. The summed E-state index contributed by atoms with van der Waals surface area (Å²) in [6.45, 7) is 5.80. The predicted molar refractivity (Wildman–Crippen MR) is 103 cm³/mol. The maximum atomic E-state index is 11.9. The molecule has 0 aromatic heterocycles. The Kier molecular flexibility index (Phi) is 13.4. The van der Waals surface area contributed by atoms with Crippen LogP contribution in [-0.2, 0) is 4.79 Å². The van der Waals surface area contributed by atoms with E-state index in [2.05, 4.69) is 21.9 Å². The number of rotatable bonds is 8. The molecule has 0 atom stereocenters. The Labute approximate surface area is 150 Å². The van der Waals surface area contributed by atoms with Crippen molar-refractivity contribution in [2.75, 3.05) is 44.7 Å². The third-order valence-corrected chi connectivity index (χ3v) is 3.94. The summed E-state index contributed by atoms with van der Waals surface area (Å²) in [5, 5.41) is 6.47. The summed E-state index contributed by atoms with van der Waals surface area (Å²) >= 11 is 1.88. The third-order valence-electron chi connectivity index (χ3n) is 3.24. The van der Waals surface area contributed by atoms with Crippen molar-refractivity contribution in [2.45, 2.75) is 32.6 Å². The van der Waals surface area contributed by atoms with Crippen LogP contribution in [-0.4, -0.2) is 61.5 Å². The van der Waals surface area contributed by atoms with Gasteiger partial charge in [-0.25, -0.2) is 4.99 Å². The van der Waals surface area contributed by atoms with Crippen LogP contribution in [0.3, 0.4) is 0 Å². The summed E-state index contributed by atoms with van der Waals surface area (Å²) in [6.07, 6.45) is 6.72. The van der Waals surface area contributed by atoms with Gasteiger partial charge in [-0.2, -0.15) is 11.8 Å². The molecule has 0 unspecified atom stereocenters. The van der Waals surface area contributed by atoms with E-state index in [0.717, 1.165) is 51.4 Å². The van der Waals surface area contributed by atoms with Gasteiger partial charge >= 0.3 is 0 Å². The van der Waals surface area contributed by atoms with Gasteiger partial charge in [-0.05, 0) is 44.6 Å². The van der Waals surface area contributed by atoms with Crippen LogP contribution in [0.4, 0.5) is 0 Å². The van der Waals surface area contributed by atoms with Crippen molar-refractivity contribution >= 4 is 47.6 Å². The smallest absolute Gasteiger partial charge is 0.244 e. The Balaban J connectivity index is 0.00000400. The van der Waals surface area contributed by atoms with Crippen LogP contribution < -0.4 is 10.6 Å². The van der Waals surface area contributed by atoms with E-state index in [1.54, 1.807) is 0 Å². The molecule has 2 N–H and O–H groups in total. The van der Waals surface area contributed by atoms with Gasteiger partial charge in [-0.15, -0.1) is 24.0 Å². The van der Waals surface area contributed by atoms with Crippen molar-refractivity contribution in [3.8, 4) is 0 Å². The summed E-state index contributed by atoms with van der Waals surface area (Å²) in [6, 6.07) is 0. The molecule has 1 aliphatic rings. The minimum absolute atomic E-state index is 0. The average molecular weight is 428 g/mol. The molecule has 1 saturated heterocycles. The molecule has 1 heterocycles. The number of guanidine groups is 1. The number of likely N-dealkylation sites (tertiary alicyclic amines) is 1. The fraction of sp³-hybridized carbons (Fsp3) is 0.857. The number of thioether (sulfide) groups is 1. The lowest BCUT2D eigenvalue weighted by Crippen LogP contribution is -2.39. The number of hydrogen-bond acceptors (Lipinski definition) is 3. The summed E-state index contributed by atoms with van der Waals surface area (Å²) in [7, 11) is 0. The lowest BCUT2D eigenvalue weighted by molar-refractivity contribution is -0.128. The first kappa shape index (κ1) is 20.8. The van der Waals surface area contributed by atoms with Crippen LogP contribution in [0.25, 0.3) is 0 Å². The highest BCUT2D eigenvalue weighted by Gasteiger charge is 2.17. The normalized spacial score (nSPS) is 14.8. The standard InChI is InChI=1S/C14H28N4OS.HI/c1-3-15-14(16-8-4-7-11-20-2)17-12-13(19)18-9-5-6-10-18;/h3-12H2,1-2H3,(H2,15,16,17);1H. The lowest BCUT2D eigenvalue weighted by Gasteiger charge is -2.15. The lowest BCUT2D eigenvalue weighted by atomic mass is 10.3. The van der Waals surface area contributed by atoms with Crippen molar-refractivity contribution < 1.29 is 4.79 Å². The summed E-state index contributed by atoms with van der Waals surface area (Å²) in [5.74, 6) is 2.09. The van der Waals surface area contributed by atoms with Crippen molar-refractivity contribution in [3.63, 3.8) is 0 Å². The fourth-order valence-corrected chi connectivity index (χ4v) is 2.63.